The number of hydrogen-bond donors (Lipinski definition) is 2. The fraction of sp³-hybridized carbons (Fsp3) is 0.875. The molecule has 1 unspecified atom stereocenters. The minimum atomic E-state index is -1.72. The number of hydrogen-bond acceptors (Lipinski definition) is 17. The van der Waals surface area contributed by atoms with Crippen molar-refractivity contribution in [2.45, 2.75) is 250 Å². The van der Waals surface area contributed by atoms with Crippen molar-refractivity contribution < 1.29 is 81.8 Å². The Kier molecular flexibility index (Phi) is 17.6. The Labute approximate surface area is 502 Å². The molecule has 9 saturated heterocycles. The topological polar surface area (TPSA) is 234 Å². The molecule has 10 aliphatic heterocycles. The van der Waals surface area contributed by atoms with Crippen molar-refractivity contribution in [2.75, 3.05) is 46.4 Å². The molecule has 3 aliphatic carbocycles. The molecule has 0 radical (unpaired) electrons. The number of amides is 4. The first-order valence-electron chi connectivity index (χ1n) is 32.5. The maximum absolute atomic E-state index is 14.1. The number of fused-ring (bicyclic) bond motifs is 5. The summed E-state index contributed by atoms with van der Waals surface area (Å²) in [6.07, 6.45) is 11.9. The number of nitrogens with zero attached hydrogens (tertiary/aromatic N) is 2. The predicted molar refractivity (Wildman–Crippen MR) is 304 cm³/mol. The summed E-state index contributed by atoms with van der Waals surface area (Å²) in [5.74, 6) is -2.54. The highest BCUT2D eigenvalue weighted by Gasteiger charge is 2.72. The number of ketones is 2. The number of rotatable bonds is 19. The monoisotopic (exact) mass is 1190 g/mol. The zero-order valence-electron chi connectivity index (χ0n) is 52.5. The average molecular weight is 1200 g/mol. The SMILES string of the molecule is COC12OOC3(C=C1C(=O)C(C)(C)C(=O)C2(C)C)CCN(C(=O)CCC(=O)N(CCCCNC(=O)CC[C@H]1O[C@@H]2O[C@@]4(C)CC[C@H]5[C@H](C)CC[C@@H]([C@H]1C)[C@@]25OO4)CCCNC(=O)CC[C@H]1O[C@@H]2O[C@@]4(C)CC[C@H]5[C@H](C)CC[C@@H]([C@H]1C)[C@@]25OO4)CC3. The average Bonchev–Trinajstić information content (AvgIpc) is 2.90. The molecule has 0 aromatic rings. The smallest absolute Gasteiger partial charge is 0.242 e. The van der Waals surface area contributed by atoms with Crippen molar-refractivity contribution in [3.8, 4) is 0 Å². The Hall–Kier alpha value is -3.48. The summed E-state index contributed by atoms with van der Waals surface area (Å²) in [6, 6.07) is 0. The zero-order chi connectivity index (χ0) is 60.7. The highest BCUT2D eigenvalue weighted by Crippen LogP contribution is 2.63. The van der Waals surface area contributed by atoms with Crippen molar-refractivity contribution in [1.29, 1.82) is 0 Å². The van der Waals surface area contributed by atoms with Gasteiger partial charge in [-0.1, -0.05) is 27.7 Å². The van der Waals surface area contributed by atoms with E-state index in [0.29, 0.717) is 102 Å². The number of methoxy groups -OCH3 is 1. The lowest BCUT2D eigenvalue weighted by molar-refractivity contribution is -0.571. The number of unbranched alkanes of at least 4 members (excludes halogenated alkanes) is 1. The van der Waals surface area contributed by atoms with E-state index in [2.05, 4.69) is 38.3 Å². The summed E-state index contributed by atoms with van der Waals surface area (Å²) < 4.78 is 32.3. The normalized spacial score (nSPS) is 41.8. The quantitative estimate of drug-likeness (QED) is 0.0711. The molecular formula is C64H98N4O17. The van der Waals surface area contributed by atoms with Gasteiger partial charge < -0.3 is 44.1 Å². The number of carbonyl (C=O) groups excluding carboxylic acids is 6. The summed E-state index contributed by atoms with van der Waals surface area (Å²) in [6.45, 7) is 21.6. The minimum absolute atomic E-state index is 0.00527. The van der Waals surface area contributed by atoms with Crippen LogP contribution in [0.15, 0.2) is 11.6 Å². The summed E-state index contributed by atoms with van der Waals surface area (Å²) in [7, 11) is 1.39. The second-order valence-electron chi connectivity index (χ2n) is 29.0. The van der Waals surface area contributed by atoms with Gasteiger partial charge in [-0.2, -0.15) is 4.89 Å². The third kappa shape index (κ3) is 11.0. The molecule has 2 N–H and O–H groups in total. The molecule has 21 heteroatoms. The van der Waals surface area contributed by atoms with E-state index in [1.165, 1.54) is 7.11 Å². The fourth-order valence-electron chi connectivity index (χ4n) is 17.7. The number of piperidine rings is 1. The molecule has 10 heterocycles. The van der Waals surface area contributed by atoms with Crippen LogP contribution in [-0.2, 0) is 81.8 Å². The van der Waals surface area contributed by atoms with Crippen LogP contribution in [0.25, 0.3) is 0 Å². The second-order valence-corrected chi connectivity index (χ2v) is 29.0. The Morgan fingerprint density at radius 2 is 1.13 bits per heavy atom. The Bertz CT molecular complexity index is 2590. The molecule has 17 atom stereocenters. The van der Waals surface area contributed by atoms with Gasteiger partial charge in [0, 0.05) is 110 Å². The van der Waals surface area contributed by atoms with Crippen molar-refractivity contribution in [3.05, 3.63) is 11.6 Å². The van der Waals surface area contributed by atoms with Gasteiger partial charge in [0.2, 0.25) is 41.0 Å². The molecular weight excluding hydrogens is 1100 g/mol. The number of carbonyl (C=O) groups is 6. The first kappa shape index (κ1) is 63.1. The van der Waals surface area contributed by atoms with E-state index in [4.69, 9.17) is 53.0 Å². The van der Waals surface area contributed by atoms with Crippen LogP contribution in [0.1, 0.15) is 191 Å². The number of Topliss-reactive ketones (excluding diaryl/α,β-unsaturated/α-hetero) is 2. The maximum Gasteiger partial charge on any atom is 0.242 e. The van der Waals surface area contributed by atoms with Crippen LogP contribution in [0.3, 0.4) is 0 Å². The van der Waals surface area contributed by atoms with Gasteiger partial charge in [-0.3, -0.25) is 28.8 Å². The van der Waals surface area contributed by atoms with Crippen LogP contribution in [0, 0.1) is 58.2 Å². The van der Waals surface area contributed by atoms with E-state index in [-0.39, 0.29) is 108 Å². The Morgan fingerprint density at radius 3 is 1.66 bits per heavy atom. The Balaban J connectivity index is 0.665. The summed E-state index contributed by atoms with van der Waals surface area (Å²) in [4.78, 5) is 122. The molecule has 476 valence electrons. The molecule has 3 saturated carbocycles. The van der Waals surface area contributed by atoms with Gasteiger partial charge in [-0.15, -0.1) is 0 Å². The first-order chi connectivity index (χ1) is 40.3. The molecule has 0 aromatic heterocycles. The largest absolute Gasteiger partial charge is 0.356 e. The van der Waals surface area contributed by atoms with Gasteiger partial charge in [0.25, 0.3) is 0 Å². The first-order valence-corrected chi connectivity index (χ1v) is 32.5. The predicted octanol–water partition coefficient (Wildman–Crippen LogP) is 7.86. The van der Waals surface area contributed by atoms with Crippen LogP contribution in [0.2, 0.25) is 0 Å². The van der Waals surface area contributed by atoms with Crippen molar-refractivity contribution in [2.24, 2.45) is 58.2 Å². The highest BCUT2D eigenvalue weighted by molar-refractivity contribution is 6.19. The van der Waals surface area contributed by atoms with Gasteiger partial charge in [0.1, 0.15) is 5.60 Å². The summed E-state index contributed by atoms with van der Waals surface area (Å²) >= 11 is 0. The lowest BCUT2D eigenvalue weighted by atomic mass is 9.57. The zero-order valence-corrected chi connectivity index (χ0v) is 52.5. The van der Waals surface area contributed by atoms with Crippen molar-refractivity contribution in [3.63, 3.8) is 0 Å². The lowest BCUT2D eigenvalue weighted by Crippen LogP contribution is -2.70. The fourth-order valence-corrected chi connectivity index (χ4v) is 17.7. The minimum Gasteiger partial charge on any atom is -0.356 e. The summed E-state index contributed by atoms with van der Waals surface area (Å²) in [5.41, 5.74) is -4.62. The van der Waals surface area contributed by atoms with Gasteiger partial charge in [-0.05, 0) is 154 Å². The van der Waals surface area contributed by atoms with Gasteiger partial charge in [0.05, 0.1) is 28.6 Å². The molecule has 13 rings (SSSR count). The molecule has 13 aliphatic rings. The van der Waals surface area contributed by atoms with E-state index in [9.17, 15) is 28.8 Å². The second kappa shape index (κ2) is 23.7. The molecule has 21 nitrogen and oxygen atoms in total. The number of likely N-dealkylation sites (tertiary alicyclic amines) is 1. The third-order valence-corrected chi connectivity index (χ3v) is 23.0. The number of nitrogens with one attached hydrogen (secondary N) is 2. The molecule has 12 fully saturated rings. The van der Waals surface area contributed by atoms with E-state index in [1.807, 2.05) is 13.8 Å². The molecule has 85 heavy (non-hydrogen) atoms. The maximum atomic E-state index is 14.1. The van der Waals surface area contributed by atoms with Crippen LogP contribution in [0.4, 0.5) is 0 Å². The van der Waals surface area contributed by atoms with E-state index in [1.54, 1.807) is 43.6 Å². The van der Waals surface area contributed by atoms with Crippen LogP contribution >= 0.6 is 0 Å². The molecule has 3 spiro atoms. The van der Waals surface area contributed by atoms with Crippen LogP contribution in [-0.4, -0.2) is 150 Å². The molecule has 4 bridgehead atoms. The third-order valence-electron chi connectivity index (χ3n) is 23.0. The van der Waals surface area contributed by atoms with E-state index in [0.717, 1.165) is 51.4 Å². The van der Waals surface area contributed by atoms with Gasteiger partial charge in [-0.25, -0.2) is 24.4 Å². The standard InChI is InChI=1S/C64H98N4O17/c1-38-15-17-44-40(3)47(76-55-62(44)42(38)25-27-59(9,78-55)80-83-62)19-21-49(69)65-31-12-13-33-67(34-14-32-66-50(70)22-20-48-41(4)45-18-16-39(2)43-26-28-60(10)79-56(77-48)63(43,45)84-81-60)51(71)23-24-52(72)68-35-29-61(30-36-68)37-46-53(73)57(5,6)54(74)58(7,8)64(46,75-11)85-82-61/h37-45,47-48,55-56H,12-36H2,1-11H3,(H,65,69)(H,66,70)/t38-,39-,40-,41-,42+,43+,44+,45+,47-,48-,55-,56-,59-,60-,62-,63-,64?/m1/s1. The van der Waals surface area contributed by atoms with Crippen LogP contribution in [0.5, 0.6) is 0 Å². The van der Waals surface area contributed by atoms with E-state index >= 15 is 0 Å². The van der Waals surface area contributed by atoms with Gasteiger partial charge in [0.15, 0.2) is 35.3 Å². The summed E-state index contributed by atoms with van der Waals surface area (Å²) in [5, 5.41) is 6.18. The number of ether oxygens (including phenoxy) is 5. The van der Waals surface area contributed by atoms with E-state index < -0.39 is 57.6 Å². The van der Waals surface area contributed by atoms with Crippen molar-refractivity contribution >= 4 is 35.2 Å². The Morgan fingerprint density at radius 1 is 0.612 bits per heavy atom. The van der Waals surface area contributed by atoms with Gasteiger partial charge >= 0.3 is 0 Å². The lowest BCUT2D eigenvalue weighted by Gasteiger charge is -2.60. The molecule has 0 aromatic carbocycles. The highest BCUT2D eigenvalue weighted by atomic mass is 17.3. The van der Waals surface area contributed by atoms with Crippen LogP contribution < -0.4 is 10.6 Å². The van der Waals surface area contributed by atoms with Crippen molar-refractivity contribution in [1.82, 2.24) is 20.4 Å². The molecule has 4 amide bonds.